The SMILES string of the molecule is CCc1cccc2c(C(=O)CSc3nnc(-c4ccc(OC)cc4)n3CC)c[nH]c12. The molecule has 2 aromatic carbocycles. The molecule has 0 unspecified atom stereocenters. The van der Waals surface area contributed by atoms with Gasteiger partial charge in [-0.1, -0.05) is 36.9 Å². The number of aromatic amines is 1. The summed E-state index contributed by atoms with van der Waals surface area (Å²) in [5.74, 6) is 1.97. The molecule has 0 fully saturated rings. The lowest BCUT2D eigenvalue weighted by Gasteiger charge is -2.08. The zero-order chi connectivity index (χ0) is 21.1. The van der Waals surface area contributed by atoms with Crippen LogP contribution in [0.3, 0.4) is 0 Å². The molecule has 154 valence electrons. The van der Waals surface area contributed by atoms with Crippen molar-refractivity contribution in [1.29, 1.82) is 0 Å². The summed E-state index contributed by atoms with van der Waals surface area (Å²) in [5.41, 5.74) is 3.96. The average Bonchev–Trinajstić information content (AvgIpc) is 3.41. The van der Waals surface area contributed by atoms with Crippen molar-refractivity contribution in [3.05, 3.63) is 59.8 Å². The maximum Gasteiger partial charge on any atom is 0.191 e. The predicted molar refractivity (Wildman–Crippen MR) is 120 cm³/mol. The lowest BCUT2D eigenvalue weighted by molar-refractivity contribution is 0.102. The summed E-state index contributed by atoms with van der Waals surface area (Å²) < 4.78 is 7.26. The van der Waals surface area contributed by atoms with Gasteiger partial charge in [0, 0.05) is 34.8 Å². The number of aryl methyl sites for hydroxylation is 1. The van der Waals surface area contributed by atoms with Gasteiger partial charge in [0.2, 0.25) is 0 Å². The number of aromatic nitrogens is 4. The fraction of sp³-hybridized carbons (Fsp3) is 0.261. The molecule has 4 rings (SSSR count). The van der Waals surface area contributed by atoms with Crippen molar-refractivity contribution < 1.29 is 9.53 Å². The number of benzene rings is 2. The van der Waals surface area contributed by atoms with Crippen LogP contribution < -0.4 is 4.74 Å². The molecule has 4 aromatic rings. The van der Waals surface area contributed by atoms with Crippen molar-refractivity contribution in [2.24, 2.45) is 0 Å². The van der Waals surface area contributed by atoms with Gasteiger partial charge in [-0.2, -0.15) is 0 Å². The van der Waals surface area contributed by atoms with Gasteiger partial charge in [0.25, 0.3) is 0 Å². The van der Waals surface area contributed by atoms with E-state index >= 15 is 0 Å². The van der Waals surface area contributed by atoms with Crippen molar-refractivity contribution in [2.45, 2.75) is 32.0 Å². The fourth-order valence-corrected chi connectivity index (χ4v) is 4.47. The van der Waals surface area contributed by atoms with Crippen LogP contribution >= 0.6 is 11.8 Å². The van der Waals surface area contributed by atoms with Gasteiger partial charge in [0.05, 0.1) is 12.9 Å². The van der Waals surface area contributed by atoms with Gasteiger partial charge in [-0.05, 0) is 43.2 Å². The van der Waals surface area contributed by atoms with Crippen LogP contribution in [0.4, 0.5) is 0 Å². The minimum Gasteiger partial charge on any atom is -0.497 e. The number of nitrogens with one attached hydrogen (secondary N) is 1. The summed E-state index contributed by atoms with van der Waals surface area (Å²) in [6.07, 6.45) is 2.74. The van der Waals surface area contributed by atoms with Crippen LogP contribution in [0.5, 0.6) is 5.75 Å². The topological polar surface area (TPSA) is 72.8 Å². The number of H-pyrrole nitrogens is 1. The highest BCUT2D eigenvalue weighted by Crippen LogP contribution is 2.28. The van der Waals surface area contributed by atoms with E-state index in [-0.39, 0.29) is 5.78 Å². The molecule has 0 bridgehead atoms. The molecule has 2 aromatic heterocycles. The smallest absolute Gasteiger partial charge is 0.191 e. The molecule has 0 saturated carbocycles. The van der Waals surface area contributed by atoms with Gasteiger partial charge >= 0.3 is 0 Å². The molecule has 0 aliphatic carbocycles. The number of rotatable bonds is 8. The van der Waals surface area contributed by atoms with Gasteiger partial charge in [-0.25, -0.2) is 0 Å². The largest absolute Gasteiger partial charge is 0.497 e. The third-order valence-corrected chi connectivity index (χ3v) is 6.16. The van der Waals surface area contributed by atoms with Gasteiger partial charge in [-0.15, -0.1) is 10.2 Å². The number of ketones is 1. The maximum atomic E-state index is 12.9. The zero-order valence-corrected chi connectivity index (χ0v) is 18.1. The number of thioether (sulfide) groups is 1. The first-order chi connectivity index (χ1) is 14.7. The van der Waals surface area contributed by atoms with Crippen LogP contribution in [0.15, 0.2) is 53.8 Å². The summed E-state index contributed by atoms with van der Waals surface area (Å²) >= 11 is 1.42. The molecule has 1 N–H and O–H groups in total. The summed E-state index contributed by atoms with van der Waals surface area (Å²) in [7, 11) is 1.64. The molecule has 0 saturated heterocycles. The number of nitrogens with zero attached hydrogens (tertiary/aromatic N) is 3. The highest BCUT2D eigenvalue weighted by Gasteiger charge is 2.17. The Kier molecular flexibility index (Phi) is 5.90. The average molecular weight is 421 g/mol. The van der Waals surface area contributed by atoms with Crippen molar-refractivity contribution in [3.8, 4) is 17.1 Å². The van der Waals surface area contributed by atoms with Gasteiger partial charge < -0.3 is 14.3 Å². The van der Waals surface area contributed by atoms with E-state index in [0.717, 1.165) is 51.7 Å². The molecule has 0 aliphatic rings. The Morgan fingerprint density at radius 2 is 1.93 bits per heavy atom. The van der Waals surface area contributed by atoms with E-state index in [4.69, 9.17) is 4.74 Å². The van der Waals surface area contributed by atoms with Crippen LogP contribution in [-0.4, -0.2) is 38.4 Å². The molecular weight excluding hydrogens is 396 g/mol. The van der Waals surface area contributed by atoms with E-state index in [1.165, 1.54) is 17.3 Å². The molecule has 2 heterocycles. The summed E-state index contributed by atoms with van der Waals surface area (Å²) in [4.78, 5) is 16.2. The molecule has 0 radical (unpaired) electrons. The van der Waals surface area contributed by atoms with Crippen molar-refractivity contribution in [3.63, 3.8) is 0 Å². The Bertz CT molecular complexity index is 1180. The highest BCUT2D eigenvalue weighted by molar-refractivity contribution is 7.99. The summed E-state index contributed by atoms with van der Waals surface area (Å²) in [6.45, 7) is 4.89. The third-order valence-electron chi connectivity index (χ3n) is 5.20. The first-order valence-corrected chi connectivity index (χ1v) is 11.0. The second kappa shape index (κ2) is 8.75. The Balaban J connectivity index is 1.54. The first kappa shape index (κ1) is 20.2. The van der Waals surface area contributed by atoms with Crippen LogP contribution in [0.1, 0.15) is 29.8 Å². The van der Waals surface area contributed by atoms with Gasteiger partial charge in [-0.3, -0.25) is 4.79 Å². The van der Waals surface area contributed by atoms with E-state index in [1.807, 2.05) is 54.1 Å². The first-order valence-electron chi connectivity index (χ1n) is 9.98. The zero-order valence-electron chi connectivity index (χ0n) is 17.3. The minimum atomic E-state index is 0.0798. The highest BCUT2D eigenvalue weighted by atomic mass is 32.2. The van der Waals surface area contributed by atoms with E-state index in [9.17, 15) is 4.79 Å². The monoisotopic (exact) mass is 420 g/mol. The molecule has 0 atom stereocenters. The van der Waals surface area contributed by atoms with Crippen molar-refractivity contribution >= 4 is 28.4 Å². The Morgan fingerprint density at radius 3 is 2.63 bits per heavy atom. The molecule has 0 amide bonds. The number of Topliss-reactive ketones (excluding diaryl/α,β-unsaturated/α-hetero) is 1. The molecular formula is C23H24N4O2S. The number of hydrogen-bond donors (Lipinski definition) is 1. The Hall–Kier alpha value is -3.06. The number of fused-ring (bicyclic) bond motifs is 1. The third kappa shape index (κ3) is 3.73. The maximum absolute atomic E-state index is 12.9. The number of hydrogen-bond acceptors (Lipinski definition) is 5. The number of ether oxygens (including phenoxy) is 1. The standard InChI is InChI=1S/C23H24N4O2S/c1-4-15-7-6-8-18-19(13-24-21(15)18)20(28)14-30-23-26-25-22(27(23)5-2)16-9-11-17(29-3)12-10-16/h6-13,24H,4-5,14H2,1-3H3. The Labute approximate surface area is 179 Å². The summed E-state index contributed by atoms with van der Waals surface area (Å²) in [5, 5.41) is 10.4. The quantitative estimate of drug-likeness (QED) is 0.321. The van der Waals surface area contributed by atoms with Gasteiger partial charge in [0.1, 0.15) is 5.75 Å². The van der Waals surface area contributed by atoms with E-state index in [0.29, 0.717) is 5.75 Å². The van der Waals surface area contributed by atoms with Crippen LogP contribution in [0, 0.1) is 0 Å². The van der Waals surface area contributed by atoms with Crippen molar-refractivity contribution in [1.82, 2.24) is 19.7 Å². The predicted octanol–water partition coefficient (Wildman–Crippen LogP) is 4.99. The van der Waals surface area contributed by atoms with Gasteiger partial charge in [0.15, 0.2) is 16.8 Å². The number of carbonyl (C=O) groups is 1. The normalized spacial score (nSPS) is 11.2. The lowest BCUT2D eigenvalue weighted by atomic mass is 10.1. The molecule has 0 spiro atoms. The molecule has 30 heavy (non-hydrogen) atoms. The van der Waals surface area contributed by atoms with Crippen LogP contribution in [0.25, 0.3) is 22.3 Å². The second-order valence-corrected chi connectivity index (χ2v) is 7.83. The number of methoxy groups -OCH3 is 1. The molecule has 6 nitrogen and oxygen atoms in total. The Morgan fingerprint density at radius 1 is 1.13 bits per heavy atom. The summed E-state index contributed by atoms with van der Waals surface area (Å²) in [6, 6.07) is 13.8. The second-order valence-electron chi connectivity index (χ2n) is 6.89. The van der Waals surface area contributed by atoms with Crippen LogP contribution in [-0.2, 0) is 13.0 Å². The van der Waals surface area contributed by atoms with E-state index in [1.54, 1.807) is 7.11 Å². The molecule has 7 heteroatoms. The minimum absolute atomic E-state index is 0.0798. The fourth-order valence-electron chi connectivity index (χ4n) is 3.58. The van der Waals surface area contributed by atoms with E-state index in [2.05, 4.69) is 28.2 Å². The number of para-hydroxylation sites is 1. The lowest BCUT2D eigenvalue weighted by Crippen LogP contribution is -2.05. The molecule has 0 aliphatic heterocycles. The van der Waals surface area contributed by atoms with Crippen LogP contribution in [0.2, 0.25) is 0 Å². The number of carbonyl (C=O) groups excluding carboxylic acids is 1. The van der Waals surface area contributed by atoms with Crippen molar-refractivity contribution in [2.75, 3.05) is 12.9 Å². The van der Waals surface area contributed by atoms with E-state index < -0.39 is 0 Å².